The number of hydrogen-bond acceptors (Lipinski definition) is 9. The number of aromatic nitrogens is 4. The van der Waals surface area contributed by atoms with E-state index in [4.69, 9.17) is 20.3 Å². The maximum absolute atomic E-state index is 13.3. The molecule has 0 amide bonds. The highest BCUT2D eigenvalue weighted by Crippen LogP contribution is 2.38. The van der Waals surface area contributed by atoms with Crippen molar-refractivity contribution in [1.82, 2.24) is 19.5 Å². The van der Waals surface area contributed by atoms with Gasteiger partial charge in [-0.1, -0.05) is 0 Å². The predicted molar refractivity (Wildman–Crippen MR) is 73.6 cm³/mol. The standard InChI is InChI=1S/C10H13FN5O7P/c11-10-14-7(12)4-8(15-10)16(2-13-4)9-6(18)5(17)3(23-9)1-22-24(19,20)21/h2-3,5-6,9,17-18H,1H2,(H2,12,14,15)(H2,19,20,21)/t3-,5+,6?,9-/m1/s1. The maximum Gasteiger partial charge on any atom is 0.469 e. The fourth-order valence-corrected chi connectivity index (χ4v) is 2.71. The number of aliphatic hydroxyl groups is 2. The molecule has 3 heterocycles. The number of nitrogens with two attached hydrogens (primary N) is 1. The van der Waals surface area contributed by atoms with Crippen molar-refractivity contribution in [2.45, 2.75) is 24.5 Å². The third-order valence-electron chi connectivity index (χ3n) is 3.44. The molecule has 0 saturated carbocycles. The van der Waals surface area contributed by atoms with Gasteiger partial charge < -0.3 is 30.5 Å². The summed E-state index contributed by atoms with van der Waals surface area (Å²) in [6.45, 7) is -0.670. The van der Waals surface area contributed by atoms with E-state index in [1.54, 1.807) is 0 Å². The number of aliphatic hydroxyl groups excluding tert-OH is 2. The lowest BCUT2D eigenvalue weighted by Crippen LogP contribution is -2.33. The first kappa shape index (κ1) is 17.1. The summed E-state index contributed by atoms with van der Waals surface area (Å²) in [5.74, 6) is -0.217. The van der Waals surface area contributed by atoms with Gasteiger partial charge in [0.2, 0.25) is 0 Å². The van der Waals surface area contributed by atoms with Gasteiger partial charge in [-0.05, 0) is 0 Å². The van der Waals surface area contributed by atoms with Gasteiger partial charge in [0.15, 0.2) is 23.2 Å². The summed E-state index contributed by atoms with van der Waals surface area (Å²) in [5, 5.41) is 20.0. The SMILES string of the molecule is Nc1nc(F)nc2c1ncn2[C@@H]1O[C@H](COP(=O)(O)O)[C@H](O)C1O. The highest BCUT2D eigenvalue weighted by atomic mass is 31.2. The molecule has 6 N–H and O–H groups in total. The minimum absolute atomic E-state index is 0.0663. The van der Waals surface area contributed by atoms with Gasteiger partial charge in [-0.2, -0.15) is 14.4 Å². The van der Waals surface area contributed by atoms with Gasteiger partial charge in [0.25, 0.3) is 0 Å². The Balaban J connectivity index is 1.89. The first-order valence-corrected chi connectivity index (χ1v) is 8.07. The molecule has 24 heavy (non-hydrogen) atoms. The second-order valence-electron chi connectivity index (χ2n) is 5.03. The summed E-state index contributed by atoms with van der Waals surface area (Å²) < 4.78 is 34.8. The van der Waals surface area contributed by atoms with Crippen molar-refractivity contribution < 1.29 is 38.2 Å². The van der Waals surface area contributed by atoms with E-state index in [2.05, 4.69) is 19.5 Å². The smallest absolute Gasteiger partial charge is 0.387 e. The van der Waals surface area contributed by atoms with Crippen molar-refractivity contribution in [3.63, 3.8) is 0 Å². The summed E-state index contributed by atoms with van der Waals surface area (Å²) in [4.78, 5) is 28.1. The van der Waals surface area contributed by atoms with Crippen LogP contribution < -0.4 is 5.73 Å². The fourth-order valence-electron chi connectivity index (χ4n) is 2.36. The van der Waals surface area contributed by atoms with Gasteiger partial charge in [-0.25, -0.2) is 9.55 Å². The predicted octanol–water partition coefficient (Wildman–Crippen LogP) is -1.72. The van der Waals surface area contributed by atoms with Gasteiger partial charge in [0.1, 0.15) is 18.3 Å². The molecule has 4 atom stereocenters. The van der Waals surface area contributed by atoms with Gasteiger partial charge in [-0.3, -0.25) is 9.09 Å². The summed E-state index contributed by atoms with van der Waals surface area (Å²) in [7, 11) is -4.78. The Morgan fingerprint density at radius 2 is 2.08 bits per heavy atom. The van der Waals surface area contributed by atoms with E-state index in [1.807, 2.05) is 0 Å². The molecule has 132 valence electrons. The summed E-state index contributed by atoms with van der Waals surface area (Å²) in [6.07, 6.45) is -5.46. The molecule has 1 aliphatic rings. The summed E-state index contributed by atoms with van der Waals surface area (Å²) in [5.41, 5.74) is 5.52. The monoisotopic (exact) mass is 365 g/mol. The van der Waals surface area contributed by atoms with E-state index in [9.17, 15) is 19.2 Å². The molecule has 0 radical (unpaired) electrons. The van der Waals surface area contributed by atoms with Crippen molar-refractivity contribution in [3.8, 4) is 0 Å². The third-order valence-corrected chi connectivity index (χ3v) is 3.92. The van der Waals surface area contributed by atoms with Crippen molar-refractivity contribution in [1.29, 1.82) is 0 Å². The van der Waals surface area contributed by atoms with Crippen LogP contribution in [0.3, 0.4) is 0 Å². The van der Waals surface area contributed by atoms with Crippen LogP contribution in [-0.4, -0.2) is 64.4 Å². The van der Waals surface area contributed by atoms with Crippen LogP contribution in [0.15, 0.2) is 6.33 Å². The fraction of sp³-hybridized carbons (Fsp3) is 0.500. The minimum atomic E-state index is -4.78. The average Bonchev–Trinajstić information content (AvgIpc) is 3.00. The molecular formula is C10H13FN5O7P. The zero-order valence-electron chi connectivity index (χ0n) is 11.8. The molecule has 1 fully saturated rings. The van der Waals surface area contributed by atoms with Crippen LogP contribution in [0.2, 0.25) is 0 Å². The van der Waals surface area contributed by atoms with Crippen LogP contribution in [0.5, 0.6) is 0 Å². The normalized spacial score (nSPS) is 27.9. The third kappa shape index (κ3) is 3.10. The lowest BCUT2D eigenvalue weighted by Gasteiger charge is -2.16. The number of phosphoric ester groups is 1. The number of hydrogen-bond donors (Lipinski definition) is 5. The first-order chi connectivity index (χ1) is 11.2. The number of imidazole rings is 1. The number of ether oxygens (including phenoxy) is 1. The molecule has 3 rings (SSSR count). The minimum Gasteiger partial charge on any atom is -0.387 e. The van der Waals surface area contributed by atoms with E-state index >= 15 is 0 Å². The summed E-state index contributed by atoms with van der Waals surface area (Å²) >= 11 is 0. The zero-order valence-corrected chi connectivity index (χ0v) is 12.7. The molecule has 14 heteroatoms. The van der Waals surface area contributed by atoms with Crippen LogP contribution in [0.25, 0.3) is 11.2 Å². The number of phosphoric acid groups is 1. The Hall–Kier alpha value is -1.73. The van der Waals surface area contributed by atoms with E-state index in [0.717, 1.165) is 10.9 Å². The number of halogens is 1. The molecule has 0 spiro atoms. The molecule has 2 aromatic heterocycles. The highest BCUT2D eigenvalue weighted by Gasteiger charge is 2.45. The largest absolute Gasteiger partial charge is 0.469 e. The van der Waals surface area contributed by atoms with Crippen molar-refractivity contribution in [2.24, 2.45) is 0 Å². The number of nitrogens with zero attached hydrogens (tertiary/aromatic N) is 4. The van der Waals surface area contributed by atoms with Gasteiger partial charge >= 0.3 is 13.9 Å². The lowest BCUT2D eigenvalue weighted by atomic mass is 10.1. The Labute approximate surface area is 132 Å². The Morgan fingerprint density at radius 3 is 2.75 bits per heavy atom. The van der Waals surface area contributed by atoms with Crippen LogP contribution in [0, 0.1) is 6.08 Å². The van der Waals surface area contributed by atoms with Crippen LogP contribution >= 0.6 is 7.82 Å². The van der Waals surface area contributed by atoms with Gasteiger partial charge in [0, 0.05) is 0 Å². The van der Waals surface area contributed by atoms with E-state index in [-0.39, 0.29) is 17.0 Å². The average molecular weight is 365 g/mol. The van der Waals surface area contributed by atoms with Crippen LogP contribution in [0.4, 0.5) is 10.2 Å². The lowest BCUT2D eigenvalue weighted by molar-refractivity contribution is -0.0504. The summed E-state index contributed by atoms with van der Waals surface area (Å²) in [6, 6.07) is 0. The number of anilines is 1. The molecule has 2 aromatic rings. The van der Waals surface area contributed by atoms with Crippen LogP contribution in [0.1, 0.15) is 6.23 Å². The highest BCUT2D eigenvalue weighted by molar-refractivity contribution is 7.46. The molecular weight excluding hydrogens is 352 g/mol. The second kappa shape index (κ2) is 5.97. The topological polar surface area (TPSA) is 186 Å². The number of nitrogen functional groups attached to an aromatic ring is 1. The maximum atomic E-state index is 13.3. The van der Waals surface area contributed by atoms with Crippen molar-refractivity contribution in [3.05, 3.63) is 12.4 Å². The Bertz CT molecular complexity index is 812. The second-order valence-corrected chi connectivity index (χ2v) is 6.27. The molecule has 0 aromatic carbocycles. The number of fused-ring (bicyclic) bond motifs is 1. The zero-order chi connectivity index (χ0) is 17.6. The molecule has 12 nitrogen and oxygen atoms in total. The quantitative estimate of drug-likeness (QED) is 0.306. The van der Waals surface area contributed by atoms with E-state index in [0.29, 0.717) is 0 Å². The van der Waals surface area contributed by atoms with Crippen molar-refractivity contribution >= 4 is 24.8 Å². The molecule has 1 unspecified atom stereocenters. The molecule has 1 saturated heterocycles. The Morgan fingerprint density at radius 1 is 1.38 bits per heavy atom. The number of rotatable bonds is 4. The molecule has 0 aliphatic carbocycles. The van der Waals surface area contributed by atoms with Crippen molar-refractivity contribution in [2.75, 3.05) is 12.3 Å². The van der Waals surface area contributed by atoms with E-state index in [1.165, 1.54) is 0 Å². The van der Waals surface area contributed by atoms with Crippen LogP contribution in [-0.2, 0) is 13.8 Å². The van der Waals surface area contributed by atoms with Gasteiger partial charge in [0.05, 0.1) is 12.9 Å². The van der Waals surface area contributed by atoms with E-state index < -0.39 is 45.0 Å². The van der Waals surface area contributed by atoms with Gasteiger partial charge in [-0.15, -0.1) is 0 Å². The first-order valence-electron chi connectivity index (χ1n) is 6.54. The molecule has 0 bridgehead atoms. The molecule has 1 aliphatic heterocycles. The Kier molecular flexibility index (Phi) is 4.25.